The summed E-state index contributed by atoms with van der Waals surface area (Å²) in [6, 6.07) is 15.9. The normalized spacial score (nSPS) is 17.9. The van der Waals surface area contributed by atoms with E-state index in [1.54, 1.807) is 0 Å². The molecule has 2 atom stereocenters. The monoisotopic (exact) mass is 747 g/mol. The lowest BCUT2D eigenvalue weighted by Gasteiger charge is -2.46. The van der Waals surface area contributed by atoms with Crippen LogP contribution in [0, 0.1) is 10.8 Å². The molecule has 2 amide bonds. The Morgan fingerprint density at radius 1 is 0.556 bits per heavy atom. The maximum Gasteiger partial charge on any atom is 0.412 e. The molecule has 0 heterocycles. The van der Waals surface area contributed by atoms with Gasteiger partial charge in [0.2, 0.25) is 0 Å². The molecule has 0 saturated heterocycles. The van der Waals surface area contributed by atoms with Crippen molar-refractivity contribution in [1.29, 1.82) is 0 Å². The van der Waals surface area contributed by atoms with Gasteiger partial charge in [0.05, 0.1) is 0 Å². The van der Waals surface area contributed by atoms with Crippen molar-refractivity contribution in [2.75, 3.05) is 6.54 Å². The van der Waals surface area contributed by atoms with Gasteiger partial charge in [-0.1, -0.05) is 174 Å². The summed E-state index contributed by atoms with van der Waals surface area (Å²) >= 11 is 0. The van der Waals surface area contributed by atoms with Crippen molar-refractivity contribution in [3.05, 3.63) is 59.7 Å². The van der Waals surface area contributed by atoms with E-state index in [0.29, 0.717) is 18.0 Å². The molecule has 6 nitrogen and oxygen atoms in total. The van der Waals surface area contributed by atoms with Crippen LogP contribution in [0.15, 0.2) is 48.5 Å². The Kier molecular flexibility index (Phi) is 21.8. The van der Waals surface area contributed by atoms with E-state index in [0.717, 1.165) is 32.1 Å². The van der Waals surface area contributed by atoms with E-state index in [1.807, 2.05) is 24.3 Å². The van der Waals surface area contributed by atoms with Crippen LogP contribution in [-0.2, 0) is 12.8 Å². The topological polar surface area (TPSA) is 76.7 Å². The van der Waals surface area contributed by atoms with Crippen molar-refractivity contribution in [2.45, 2.75) is 201 Å². The molecule has 1 saturated carbocycles. The smallest absolute Gasteiger partial charge is 0.410 e. The molecule has 1 fully saturated rings. The minimum atomic E-state index is -0.442. The van der Waals surface area contributed by atoms with Gasteiger partial charge in [0.15, 0.2) is 0 Å². The summed E-state index contributed by atoms with van der Waals surface area (Å²) in [7, 11) is 0. The second-order valence-corrected chi connectivity index (χ2v) is 17.7. The Bertz CT molecular complexity index is 1290. The minimum absolute atomic E-state index is 0.00309. The molecule has 0 aliphatic heterocycles. The molecule has 0 spiro atoms. The highest BCUT2D eigenvalue weighted by molar-refractivity contribution is 5.71. The van der Waals surface area contributed by atoms with Crippen LogP contribution in [0.3, 0.4) is 0 Å². The van der Waals surface area contributed by atoms with E-state index in [9.17, 15) is 9.59 Å². The van der Waals surface area contributed by atoms with Crippen LogP contribution in [0.1, 0.15) is 193 Å². The first kappa shape index (κ1) is 45.4. The van der Waals surface area contributed by atoms with Crippen LogP contribution in [0.25, 0.3) is 0 Å². The van der Waals surface area contributed by atoms with Crippen LogP contribution in [-0.4, -0.2) is 24.8 Å². The second-order valence-electron chi connectivity index (χ2n) is 17.7. The predicted molar refractivity (Wildman–Crippen MR) is 227 cm³/mol. The van der Waals surface area contributed by atoms with Gasteiger partial charge in [0.25, 0.3) is 0 Å². The summed E-state index contributed by atoms with van der Waals surface area (Å²) in [6.45, 7) is 11.7. The number of aryl methyl sites for hydroxylation is 2. The second kappa shape index (κ2) is 25.9. The number of unbranched alkanes of at least 4 members (excludes halogenated alkanes) is 18. The first-order valence-corrected chi connectivity index (χ1v) is 22.2. The third-order valence-corrected chi connectivity index (χ3v) is 11.3. The maximum atomic E-state index is 13.0. The summed E-state index contributed by atoms with van der Waals surface area (Å²) in [5, 5.41) is 6.14. The van der Waals surface area contributed by atoms with E-state index in [-0.39, 0.29) is 16.9 Å². The number of hydrogen-bond acceptors (Lipinski definition) is 4. The van der Waals surface area contributed by atoms with Crippen molar-refractivity contribution >= 4 is 12.2 Å². The average Bonchev–Trinajstić information content (AvgIpc) is 3.13. The molecule has 304 valence electrons. The first-order chi connectivity index (χ1) is 26.1. The molecule has 1 aliphatic rings. The number of benzene rings is 2. The largest absolute Gasteiger partial charge is 0.412 e. The van der Waals surface area contributed by atoms with E-state index in [2.05, 4.69) is 69.5 Å². The Hall–Kier alpha value is -3.02. The lowest BCUT2D eigenvalue weighted by molar-refractivity contribution is 0.0701. The molecule has 3 rings (SSSR count). The molecule has 6 heteroatoms. The van der Waals surface area contributed by atoms with Crippen molar-refractivity contribution in [2.24, 2.45) is 10.8 Å². The van der Waals surface area contributed by atoms with Crippen molar-refractivity contribution in [3.63, 3.8) is 0 Å². The van der Waals surface area contributed by atoms with Gasteiger partial charge in [-0.25, -0.2) is 9.59 Å². The summed E-state index contributed by atoms with van der Waals surface area (Å²) < 4.78 is 11.3. The van der Waals surface area contributed by atoms with Gasteiger partial charge in [-0.2, -0.15) is 0 Å². The molecule has 0 aromatic heterocycles. The lowest BCUT2D eigenvalue weighted by atomic mass is 9.62. The van der Waals surface area contributed by atoms with E-state index < -0.39 is 12.2 Å². The summed E-state index contributed by atoms with van der Waals surface area (Å²) in [6.07, 6.45) is 30.5. The lowest BCUT2D eigenvalue weighted by Crippen LogP contribution is -2.51. The zero-order valence-electron chi connectivity index (χ0n) is 35.2. The van der Waals surface area contributed by atoms with Crippen LogP contribution in [0.2, 0.25) is 0 Å². The Morgan fingerprint density at radius 3 is 1.37 bits per heavy atom. The molecule has 54 heavy (non-hydrogen) atoms. The molecule has 0 bridgehead atoms. The van der Waals surface area contributed by atoms with Crippen LogP contribution < -0.4 is 20.1 Å². The maximum absolute atomic E-state index is 13.0. The molecular weight excluding hydrogens is 669 g/mol. The molecular formula is C48H78N2O4. The SMILES string of the molecule is CCCCCCCCCCCCc1ccc(OC(=O)NCC2(C)CC(NC(=O)Oc3ccc(CCCCCCCCCCCC)cc3)CC(C)(C)C2)cc1. The van der Waals surface area contributed by atoms with Gasteiger partial charge in [-0.15, -0.1) is 0 Å². The number of hydrogen-bond donors (Lipinski definition) is 2. The fourth-order valence-electron chi connectivity index (χ4n) is 8.68. The van der Waals surface area contributed by atoms with Crippen molar-refractivity contribution in [3.8, 4) is 11.5 Å². The number of rotatable bonds is 27. The van der Waals surface area contributed by atoms with E-state index in [4.69, 9.17) is 9.47 Å². The Labute approximate surface area is 330 Å². The molecule has 2 N–H and O–H groups in total. The van der Waals surface area contributed by atoms with Gasteiger partial charge in [0.1, 0.15) is 11.5 Å². The van der Waals surface area contributed by atoms with Crippen LogP contribution >= 0.6 is 0 Å². The summed E-state index contributed by atoms with van der Waals surface area (Å²) in [5.41, 5.74) is 2.37. The number of carbonyl (C=O) groups excluding carboxylic acids is 2. The third kappa shape index (κ3) is 20.1. The molecule has 2 unspecified atom stereocenters. The quantitative estimate of drug-likeness (QED) is 0.0893. The highest BCUT2D eigenvalue weighted by atomic mass is 16.6. The van der Waals surface area contributed by atoms with E-state index >= 15 is 0 Å². The molecule has 2 aromatic rings. The van der Waals surface area contributed by atoms with Gasteiger partial charge >= 0.3 is 12.2 Å². The van der Waals surface area contributed by atoms with Crippen molar-refractivity contribution < 1.29 is 19.1 Å². The fourth-order valence-corrected chi connectivity index (χ4v) is 8.68. The highest BCUT2D eigenvalue weighted by Gasteiger charge is 2.42. The van der Waals surface area contributed by atoms with Crippen LogP contribution in [0.5, 0.6) is 11.5 Å². The number of carbonyl (C=O) groups is 2. The van der Waals surface area contributed by atoms with Gasteiger partial charge in [0, 0.05) is 12.6 Å². The zero-order valence-corrected chi connectivity index (χ0v) is 35.2. The predicted octanol–water partition coefficient (Wildman–Crippen LogP) is 14.1. The van der Waals surface area contributed by atoms with Gasteiger partial charge < -0.3 is 20.1 Å². The standard InChI is InChI=1S/C48H78N2O4/c1-6-8-10-12-14-16-18-20-22-24-26-40-28-32-43(33-29-40)53-45(51)49-39-48(5)37-42(36-47(3,4)38-48)50-46(52)54-44-34-30-41(31-35-44)27-25-23-21-19-17-15-13-11-9-7-2/h28-35,42H,6-27,36-39H2,1-5H3,(H,49,51)(H,50,52). The van der Waals surface area contributed by atoms with E-state index in [1.165, 1.54) is 140 Å². The number of ether oxygens (including phenoxy) is 2. The Balaban J connectivity index is 1.32. The molecule has 2 aromatic carbocycles. The fraction of sp³-hybridized carbons (Fsp3) is 0.708. The average molecular weight is 747 g/mol. The number of nitrogens with one attached hydrogen (secondary N) is 2. The van der Waals surface area contributed by atoms with Crippen molar-refractivity contribution in [1.82, 2.24) is 10.6 Å². The molecule has 1 aliphatic carbocycles. The zero-order chi connectivity index (χ0) is 38.9. The first-order valence-electron chi connectivity index (χ1n) is 22.2. The summed E-state index contributed by atoms with van der Waals surface area (Å²) in [4.78, 5) is 25.8. The molecule has 0 radical (unpaired) electrons. The van der Waals surface area contributed by atoms with Gasteiger partial charge in [-0.3, -0.25) is 0 Å². The highest BCUT2D eigenvalue weighted by Crippen LogP contribution is 2.45. The van der Waals surface area contributed by atoms with Gasteiger partial charge in [-0.05, 0) is 91.2 Å². The third-order valence-electron chi connectivity index (χ3n) is 11.3. The summed E-state index contributed by atoms with van der Waals surface area (Å²) in [5.74, 6) is 1.12. The Morgan fingerprint density at radius 2 is 0.944 bits per heavy atom. The number of amides is 2. The van der Waals surface area contributed by atoms with Crippen LogP contribution in [0.4, 0.5) is 9.59 Å². The minimum Gasteiger partial charge on any atom is -0.410 e.